The molecule has 0 aromatic heterocycles. The van der Waals surface area contributed by atoms with E-state index in [4.69, 9.17) is 0 Å². The summed E-state index contributed by atoms with van der Waals surface area (Å²) < 4.78 is 13.6. The smallest absolute Gasteiger partial charge is 0.131 e. The lowest BCUT2D eigenvalue weighted by Gasteiger charge is -2.05. The zero-order chi connectivity index (χ0) is 10.8. The fourth-order valence-corrected chi connectivity index (χ4v) is 1.59. The van der Waals surface area contributed by atoms with Gasteiger partial charge in [0.2, 0.25) is 0 Å². The fraction of sp³-hybridized carbons (Fsp3) is 0.143. The summed E-state index contributed by atoms with van der Waals surface area (Å²) in [5, 5.41) is 0. The molecule has 2 rings (SSSR count). The fourth-order valence-electron chi connectivity index (χ4n) is 1.59. The van der Waals surface area contributed by atoms with E-state index in [0.29, 0.717) is 5.56 Å². The van der Waals surface area contributed by atoms with Crippen molar-refractivity contribution in [1.82, 2.24) is 0 Å². The number of hydrogen-bond acceptors (Lipinski definition) is 0. The van der Waals surface area contributed by atoms with Crippen molar-refractivity contribution in [2.45, 2.75) is 13.8 Å². The third-order valence-electron chi connectivity index (χ3n) is 2.48. The summed E-state index contributed by atoms with van der Waals surface area (Å²) in [6, 6.07) is 13.1. The highest BCUT2D eigenvalue weighted by Gasteiger charge is 2.04. The summed E-state index contributed by atoms with van der Waals surface area (Å²) in [5.74, 6) is -0.163. The molecule has 0 aliphatic rings. The van der Waals surface area contributed by atoms with Gasteiger partial charge >= 0.3 is 0 Å². The van der Waals surface area contributed by atoms with Gasteiger partial charge in [0, 0.05) is 5.56 Å². The predicted molar refractivity (Wildman–Crippen MR) is 61.3 cm³/mol. The van der Waals surface area contributed by atoms with Crippen molar-refractivity contribution in [2.75, 3.05) is 0 Å². The van der Waals surface area contributed by atoms with Crippen LogP contribution in [-0.4, -0.2) is 0 Å². The van der Waals surface area contributed by atoms with E-state index in [1.807, 2.05) is 44.2 Å². The Morgan fingerprint density at radius 1 is 0.800 bits per heavy atom. The number of hydrogen-bond donors (Lipinski definition) is 0. The number of benzene rings is 2. The molecule has 0 nitrogen and oxygen atoms in total. The molecule has 0 fully saturated rings. The highest BCUT2D eigenvalue weighted by molar-refractivity contribution is 5.65. The minimum atomic E-state index is -0.163. The van der Waals surface area contributed by atoms with Crippen LogP contribution in [0.15, 0.2) is 42.5 Å². The maximum Gasteiger partial charge on any atom is 0.131 e. The molecule has 0 heterocycles. The van der Waals surface area contributed by atoms with Gasteiger partial charge in [-0.05, 0) is 31.5 Å². The first kappa shape index (κ1) is 9.91. The van der Waals surface area contributed by atoms with Crippen molar-refractivity contribution in [1.29, 1.82) is 0 Å². The molecule has 0 unspecified atom stereocenters. The molecule has 2 aromatic rings. The number of aryl methyl sites for hydroxylation is 2. The summed E-state index contributed by atoms with van der Waals surface area (Å²) in [4.78, 5) is 0. The molecule has 0 atom stereocenters. The topological polar surface area (TPSA) is 0 Å². The summed E-state index contributed by atoms with van der Waals surface area (Å²) in [5.41, 5.74) is 3.87. The van der Waals surface area contributed by atoms with E-state index in [2.05, 4.69) is 0 Å². The van der Waals surface area contributed by atoms with E-state index in [9.17, 15) is 4.39 Å². The molecular weight excluding hydrogens is 187 g/mol. The van der Waals surface area contributed by atoms with Crippen molar-refractivity contribution in [2.24, 2.45) is 0 Å². The van der Waals surface area contributed by atoms with Gasteiger partial charge in [-0.2, -0.15) is 0 Å². The number of halogens is 1. The van der Waals surface area contributed by atoms with Crippen LogP contribution in [-0.2, 0) is 0 Å². The summed E-state index contributed by atoms with van der Waals surface area (Å²) in [6.07, 6.45) is 0. The van der Waals surface area contributed by atoms with E-state index in [1.54, 1.807) is 6.07 Å². The van der Waals surface area contributed by atoms with Crippen LogP contribution in [0.1, 0.15) is 11.1 Å². The van der Waals surface area contributed by atoms with Gasteiger partial charge in [0.25, 0.3) is 0 Å². The molecule has 0 saturated carbocycles. The molecule has 76 valence electrons. The lowest BCUT2D eigenvalue weighted by Crippen LogP contribution is -1.85. The first-order valence-electron chi connectivity index (χ1n) is 5.00. The molecular formula is C14H13F. The van der Waals surface area contributed by atoms with Crippen molar-refractivity contribution >= 4 is 0 Å². The maximum absolute atomic E-state index is 13.6. The zero-order valence-corrected chi connectivity index (χ0v) is 8.92. The van der Waals surface area contributed by atoms with Gasteiger partial charge in [-0.25, -0.2) is 4.39 Å². The summed E-state index contributed by atoms with van der Waals surface area (Å²) >= 11 is 0. The van der Waals surface area contributed by atoms with Crippen LogP contribution in [0.5, 0.6) is 0 Å². The Balaban J connectivity index is 2.53. The summed E-state index contributed by atoms with van der Waals surface area (Å²) in [7, 11) is 0. The van der Waals surface area contributed by atoms with Gasteiger partial charge in [-0.1, -0.05) is 41.5 Å². The van der Waals surface area contributed by atoms with Crippen LogP contribution in [0.3, 0.4) is 0 Å². The van der Waals surface area contributed by atoms with Crippen molar-refractivity contribution in [3.05, 3.63) is 59.4 Å². The monoisotopic (exact) mass is 200 g/mol. The highest BCUT2D eigenvalue weighted by atomic mass is 19.1. The normalized spacial score (nSPS) is 10.3. The molecule has 0 bridgehead atoms. The lowest BCUT2D eigenvalue weighted by molar-refractivity contribution is 0.631. The van der Waals surface area contributed by atoms with Gasteiger partial charge in [0.15, 0.2) is 0 Å². The highest BCUT2D eigenvalue weighted by Crippen LogP contribution is 2.23. The first-order valence-corrected chi connectivity index (χ1v) is 5.00. The second kappa shape index (κ2) is 3.85. The van der Waals surface area contributed by atoms with Gasteiger partial charge in [-0.15, -0.1) is 0 Å². The third kappa shape index (κ3) is 2.07. The van der Waals surface area contributed by atoms with Crippen LogP contribution in [0, 0.1) is 19.7 Å². The lowest BCUT2D eigenvalue weighted by atomic mass is 10.0. The Kier molecular flexibility index (Phi) is 2.55. The standard InChI is InChI=1S/C14H13F/c1-10-3-6-12(7-4-10)13-9-11(2)5-8-14(13)15/h3-9H,1-2H3. The molecule has 0 radical (unpaired) electrons. The zero-order valence-electron chi connectivity index (χ0n) is 8.92. The van der Waals surface area contributed by atoms with Crippen molar-refractivity contribution in [3.8, 4) is 11.1 Å². The first-order chi connectivity index (χ1) is 7.16. The van der Waals surface area contributed by atoms with E-state index >= 15 is 0 Å². The van der Waals surface area contributed by atoms with Crippen LogP contribution < -0.4 is 0 Å². The van der Waals surface area contributed by atoms with E-state index < -0.39 is 0 Å². The third-order valence-corrected chi connectivity index (χ3v) is 2.48. The van der Waals surface area contributed by atoms with Crippen LogP contribution >= 0.6 is 0 Å². The van der Waals surface area contributed by atoms with Gasteiger partial charge in [0.05, 0.1) is 0 Å². The number of rotatable bonds is 1. The summed E-state index contributed by atoms with van der Waals surface area (Å²) in [6.45, 7) is 3.99. The molecule has 0 N–H and O–H groups in total. The molecule has 1 heteroatoms. The minimum Gasteiger partial charge on any atom is -0.206 e. The quantitative estimate of drug-likeness (QED) is 0.649. The Hall–Kier alpha value is -1.63. The molecule has 0 spiro atoms. The molecule has 15 heavy (non-hydrogen) atoms. The van der Waals surface area contributed by atoms with Gasteiger partial charge < -0.3 is 0 Å². The second-order valence-corrected chi connectivity index (χ2v) is 3.85. The van der Waals surface area contributed by atoms with Crippen LogP contribution in [0.25, 0.3) is 11.1 Å². The Morgan fingerprint density at radius 3 is 2.07 bits per heavy atom. The van der Waals surface area contributed by atoms with Gasteiger partial charge in [0.1, 0.15) is 5.82 Å². The minimum absolute atomic E-state index is 0.163. The second-order valence-electron chi connectivity index (χ2n) is 3.85. The average molecular weight is 200 g/mol. The SMILES string of the molecule is Cc1ccc(-c2cc(C)ccc2F)cc1. The van der Waals surface area contributed by atoms with Crippen molar-refractivity contribution < 1.29 is 4.39 Å². The molecule has 0 aliphatic carbocycles. The van der Waals surface area contributed by atoms with E-state index in [-0.39, 0.29) is 5.82 Å². The van der Waals surface area contributed by atoms with Crippen LogP contribution in [0.4, 0.5) is 4.39 Å². The molecule has 0 aliphatic heterocycles. The van der Waals surface area contributed by atoms with E-state index in [0.717, 1.165) is 11.1 Å². The maximum atomic E-state index is 13.6. The average Bonchev–Trinajstić information content (AvgIpc) is 2.23. The molecule has 2 aromatic carbocycles. The Morgan fingerprint density at radius 2 is 1.40 bits per heavy atom. The Labute approximate surface area is 89.4 Å². The van der Waals surface area contributed by atoms with Crippen LogP contribution in [0.2, 0.25) is 0 Å². The molecule has 0 saturated heterocycles. The van der Waals surface area contributed by atoms with Crippen molar-refractivity contribution in [3.63, 3.8) is 0 Å². The molecule has 0 amide bonds. The van der Waals surface area contributed by atoms with Gasteiger partial charge in [-0.3, -0.25) is 0 Å². The largest absolute Gasteiger partial charge is 0.206 e. The Bertz CT molecular complexity index is 469. The predicted octanol–water partition coefficient (Wildman–Crippen LogP) is 4.11. The van der Waals surface area contributed by atoms with E-state index in [1.165, 1.54) is 11.6 Å².